The molecule has 0 aliphatic rings. The molecule has 39 heavy (non-hydrogen) atoms. The van der Waals surface area contributed by atoms with Gasteiger partial charge in [0.05, 0.1) is 0 Å². The van der Waals surface area contributed by atoms with Gasteiger partial charge in [-0.25, -0.2) is 8.78 Å². The van der Waals surface area contributed by atoms with Crippen LogP contribution in [0.3, 0.4) is 0 Å². The number of carbonyl (C=O) groups excluding carboxylic acids is 1. The van der Waals surface area contributed by atoms with Gasteiger partial charge in [0.1, 0.15) is 23.5 Å². The lowest BCUT2D eigenvalue weighted by Gasteiger charge is -2.25. The summed E-state index contributed by atoms with van der Waals surface area (Å²) in [5, 5.41) is 11.5. The predicted octanol–water partition coefficient (Wildman–Crippen LogP) is 4.94. The summed E-state index contributed by atoms with van der Waals surface area (Å²) in [4.78, 5) is 12.7. The van der Waals surface area contributed by atoms with Gasteiger partial charge in [-0.3, -0.25) is 4.79 Å². The molecule has 4 rings (SSSR count). The minimum absolute atomic E-state index is 0.0766. The number of carbonyl (C=O) groups is 1. The standard InChI is InChI=1S/C29H30F2N4O3S/c1-2-19-7-6-8-20(11-19)16-33-17-26(25(32)14-21-12-23(30)15-24(31)13-21)37-27(36)18-39-29-35-34-28(38-29)22-9-4-3-5-10-22/h3-13,15,25-26,33H,2,14,16-18,32H2,1H3/t25-,26+/m0/s1. The Kier molecular flexibility index (Phi) is 10.2. The maximum absolute atomic E-state index is 13.7. The van der Waals surface area contributed by atoms with Crippen molar-refractivity contribution in [2.75, 3.05) is 12.3 Å². The van der Waals surface area contributed by atoms with Crippen molar-refractivity contribution in [2.45, 2.75) is 43.7 Å². The average Bonchev–Trinajstić information content (AvgIpc) is 3.40. The van der Waals surface area contributed by atoms with E-state index in [4.69, 9.17) is 14.9 Å². The van der Waals surface area contributed by atoms with Crippen molar-refractivity contribution < 1.29 is 22.7 Å². The Hall–Kier alpha value is -3.60. The summed E-state index contributed by atoms with van der Waals surface area (Å²) in [6.45, 7) is 2.89. The molecule has 4 aromatic rings. The number of ether oxygens (including phenoxy) is 1. The fourth-order valence-electron chi connectivity index (χ4n) is 4.02. The minimum atomic E-state index is -0.749. The summed E-state index contributed by atoms with van der Waals surface area (Å²) >= 11 is 1.06. The number of aryl methyl sites for hydroxylation is 1. The van der Waals surface area contributed by atoms with Crippen molar-refractivity contribution in [3.63, 3.8) is 0 Å². The summed E-state index contributed by atoms with van der Waals surface area (Å²) in [5.41, 5.74) is 9.84. The fraction of sp³-hybridized carbons (Fsp3) is 0.276. The highest BCUT2D eigenvalue weighted by Gasteiger charge is 2.24. The number of rotatable bonds is 13. The second-order valence-corrected chi connectivity index (χ2v) is 9.93. The van der Waals surface area contributed by atoms with Gasteiger partial charge in [-0.1, -0.05) is 61.2 Å². The number of hydrogen-bond donors (Lipinski definition) is 2. The van der Waals surface area contributed by atoms with Crippen molar-refractivity contribution in [3.8, 4) is 11.5 Å². The molecular weight excluding hydrogens is 522 g/mol. The van der Waals surface area contributed by atoms with Crippen LogP contribution >= 0.6 is 11.8 Å². The summed E-state index contributed by atoms with van der Waals surface area (Å²) in [5.74, 6) is -1.63. The van der Waals surface area contributed by atoms with Crippen molar-refractivity contribution in [1.29, 1.82) is 0 Å². The zero-order chi connectivity index (χ0) is 27.6. The quantitative estimate of drug-likeness (QED) is 0.178. The second-order valence-electron chi connectivity index (χ2n) is 9.01. The van der Waals surface area contributed by atoms with Crippen molar-refractivity contribution >= 4 is 17.7 Å². The Labute approximate surface area is 230 Å². The predicted molar refractivity (Wildman–Crippen MR) is 146 cm³/mol. The summed E-state index contributed by atoms with van der Waals surface area (Å²) in [7, 11) is 0. The van der Waals surface area contributed by atoms with Crippen LogP contribution in [0.4, 0.5) is 8.78 Å². The molecule has 1 heterocycles. The van der Waals surface area contributed by atoms with Gasteiger partial charge in [0.2, 0.25) is 5.89 Å². The van der Waals surface area contributed by atoms with E-state index < -0.39 is 29.7 Å². The first kappa shape index (κ1) is 28.4. The number of benzene rings is 3. The van der Waals surface area contributed by atoms with Crippen LogP contribution in [0.15, 0.2) is 82.4 Å². The second kappa shape index (κ2) is 14.0. The third kappa shape index (κ3) is 8.71. The van der Waals surface area contributed by atoms with Gasteiger partial charge in [0.15, 0.2) is 0 Å². The van der Waals surface area contributed by atoms with Gasteiger partial charge in [-0.05, 0) is 53.8 Å². The molecule has 3 aromatic carbocycles. The first-order chi connectivity index (χ1) is 18.9. The first-order valence-corrected chi connectivity index (χ1v) is 13.6. The number of nitrogens with zero attached hydrogens (tertiary/aromatic N) is 2. The lowest BCUT2D eigenvalue weighted by atomic mass is 10.0. The van der Waals surface area contributed by atoms with Crippen LogP contribution in [0.1, 0.15) is 23.6 Å². The number of hydrogen-bond acceptors (Lipinski definition) is 8. The maximum Gasteiger partial charge on any atom is 0.316 e. The average molecular weight is 553 g/mol. The van der Waals surface area contributed by atoms with Crippen LogP contribution in [0.25, 0.3) is 11.5 Å². The van der Waals surface area contributed by atoms with Crippen LogP contribution in [0.2, 0.25) is 0 Å². The number of halogens is 2. The summed E-state index contributed by atoms with van der Waals surface area (Å²) in [6, 6.07) is 20.0. The summed E-state index contributed by atoms with van der Waals surface area (Å²) < 4.78 is 38.8. The third-order valence-electron chi connectivity index (χ3n) is 5.97. The van der Waals surface area contributed by atoms with E-state index in [-0.39, 0.29) is 23.9 Å². The molecule has 0 saturated heterocycles. The van der Waals surface area contributed by atoms with E-state index in [1.807, 2.05) is 42.5 Å². The molecular formula is C29H30F2N4O3S. The van der Waals surface area contributed by atoms with Gasteiger partial charge in [-0.15, -0.1) is 10.2 Å². The van der Waals surface area contributed by atoms with Crippen LogP contribution in [-0.2, 0) is 28.9 Å². The van der Waals surface area contributed by atoms with Gasteiger partial charge in [0, 0.05) is 30.8 Å². The van der Waals surface area contributed by atoms with E-state index in [0.717, 1.165) is 35.4 Å². The van der Waals surface area contributed by atoms with E-state index in [0.29, 0.717) is 18.0 Å². The van der Waals surface area contributed by atoms with E-state index >= 15 is 0 Å². The third-order valence-corrected chi connectivity index (χ3v) is 6.76. The first-order valence-electron chi connectivity index (χ1n) is 12.6. The number of aromatic nitrogens is 2. The van der Waals surface area contributed by atoms with Crippen molar-refractivity contribution in [1.82, 2.24) is 15.5 Å². The molecule has 204 valence electrons. The van der Waals surface area contributed by atoms with Crippen LogP contribution in [0, 0.1) is 11.6 Å². The number of nitrogens with two attached hydrogens (primary N) is 1. The lowest BCUT2D eigenvalue weighted by Crippen LogP contribution is -2.46. The zero-order valence-corrected chi connectivity index (χ0v) is 22.3. The molecule has 10 heteroatoms. The van der Waals surface area contributed by atoms with E-state index in [1.165, 1.54) is 17.7 Å². The highest BCUT2D eigenvalue weighted by Crippen LogP contribution is 2.23. The lowest BCUT2D eigenvalue weighted by molar-refractivity contribution is -0.146. The molecule has 0 spiro atoms. The Morgan fingerprint density at radius 1 is 1.00 bits per heavy atom. The SMILES string of the molecule is CCc1cccc(CNC[C@@H](OC(=O)CSc2nnc(-c3ccccc3)o2)[C@@H](N)Cc2cc(F)cc(F)c2)c1. The van der Waals surface area contributed by atoms with Gasteiger partial charge >= 0.3 is 5.97 Å². The zero-order valence-electron chi connectivity index (χ0n) is 21.5. The fourth-order valence-corrected chi connectivity index (χ4v) is 4.57. The minimum Gasteiger partial charge on any atom is -0.459 e. The smallest absolute Gasteiger partial charge is 0.316 e. The summed E-state index contributed by atoms with van der Waals surface area (Å²) in [6.07, 6.45) is 0.297. The topological polar surface area (TPSA) is 103 Å². The Bertz CT molecular complexity index is 1350. The van der Waals surface area contributed by atoms with E-state index in [1.54, 1.807) is 0 Å². The molecule has 0 amide bonds. The Balaban J connectivity index is 1.37. The highest BCUT2D eigenvalue weighted by atomic mass is 32.2. The van der Waals surface area contributed by atoms with Crippen molar-refractivity contribution in [2.24, 2.45) is 5.73 Å². The van der Waals surface area contributed by atoms with Gasteiger partial charge in [-0.2, -0.15) is 0 Å². The van der Waals surface area contributed by atoms with Crippen LogP contribution < -0.4 is 11.1 Å². The van der Waals surface area contributed by atoms with Gasteiger partial charge in [0.25, 0.3) is 5.22 Å². The monoisotopic (exact) mass is 552 g/mol. The van der Waals surface area contributed by atoms with Crippen LogP contribution in [0.5, 0.6) is 0 Å². The number of nitrogens with one attached hydrogen (secondary N) is 1. The highest BCUT2D eigenvalue weighted by molar-refractivity contribution is 7.99. The van der Waals surface area contributed by atoms with Crippen LogP contribution in [-0.4, -0.2) is 40.6 Å². The molecule has 0 bridgehead atoms. The normalized spacial score (nSPS) is 12.7. The van der Waals surface area contributed by atoms with E-state index in [2.05, 4.69) is 34.6 Å². The molecule has 0 aliphatic heterocycles. The molecule has 0 saturated carbocycles. The Morgan fingerprint density at radius 3 is 2.49 bits per heavy atom. The van der Waals surface area contributed by atoms with Crippen molar-refractivity contribution in [3.05, 3.63) is 101 Å². The largest absolute Gasteiger partial charge is 0.459 e. The number of esters is 1. The molecule has 7 nitrogen and oxygen atoms in total. The van der Waals surface area contributed by atoms with Gasteiger partial charge < -0.3 is 20.2 Å². The molecule has 1 aromatic heterocycles. The molecule has 2 atom stereocenters. The maximum atomic E-state index is 13.7. The molecule has 0 radical (unpaired) electrons. The molecule has 0 unspecified atom stereocenters. The van der Waals surface area contributed by atoms with E-state index in [9.17, 15) is 13.6 Å². The molecule has 0 aliphatic carbocycles. The molecule has 3 N–H and O–H groups in total. The molecule has 0 fully saturated rings. The Morgan fingerprint density at radius 2 is 1.74 bits per heavy atom. The number of thioether (sulfide) groups is 1.